The van der Waals surface area contributed by atoms with E-state index in [1.54, 1.807) is 19.1 Å². The molecule has 0 aliphatic carbocycles. The monoisotopic (exact) mass is 132 g/mol. The minimum absolute atomic E-state index is 0.230. The summed E-state index contributed by atoms with van der Waals surface area (Å²) in [5.74, 6) is 0.230. The second-order valence-electron chi connectivity index (χ2n) is 1.96. The van der Waals surface area contributed by atoms with E-state index in [9.17, 15) is 8.42 Å². The van der Waals surface area contributed by atoms with Crippen LogP contribution in [-0.4, -0.2) is 19.4 Å². The number of hydrogen-bond acceptors (Lipinski definition) is 2. The molecule has 0 spiro atoms. The molecule has 0 aromatic rings. The highest BCUT2D eigenvalue weighted by molar-refractivity contribution is 7.92. The molecule has 0 saturated carbocycles. The third-order valence-electron chi connectivity index (χ3n) is 1.30. The molecule has 0 amide bonds. The lowest BCUT2D eigenvalue weighted by molar-refractivity contribution is 0.596. The van der Waals surface area contributed by atoms with E-state index in [0.717, 1.165) is 0 Å². The van der Waals surface area contributed by atoms with Gasteiger partial charge in [-0.1, -0.05) is 12.2 Å². The highest BCUT2D eigenvalue weighted by Gasteiger charge is 2.20. The van der Waals surface area contributed by atoms with Gasteiger partial charge in [0, 0.05) is 0 Å². The van der Waals surface area contributed by atoms with Crippen molar-refractivity contribution in [1.29, 1.82) is 0 Å². The molecule has 0 aromatic carbocycles. The molecule has 3 heteroatoms. The summed E-state index contributed by atoms with van der Waals surface area (Å²) >= 11 is 0. The summed E-state index contributed by atoms with van der Waals surface area (Å²) in [6.45, 7) is 1.69. The number of rotatable bonds is 0. The molecule has 0 unspecified atom stereocenters. The van der Waals surface area contributed by atoms with Gasteiger partial charge in [-0.2, -0.15) is 0 Å². The van der Waals surface area contributed by atoms with Crippen LogP contribution >= 0.6 is 0 Å². The van der Waals surface area contributed by atoms with E-state index in [2.05, 4.69) is 0 Å². The normalized spacial score (nSPS) is 33.4. The zero-order valence-electron chi connectivity index (χ0n) is 4.66. The summed E-state index contributed by atoms with van der Waals surface area (Å²) in [4.78, 5) is 0. The Morgan fingerprint density at radius 1 is 1.62 bits per heavy atom. The van der Waals surface area contributed by atoms with Gasteiger partial charge in [-0.25, -0.2) is 8.42 Å². The summed E-state index contributed by atoms with van der Waals surface area (Å²) in [5.41, 5.74) is 0. The van der Waals surface area contributed by atoms with Gasteiger partial charge >= 0.3 is 0 Å². The number of hydrogen-bond donors (Lipinski definition) is 0. The van der Waals surface area contributed by atoms with Crippen molar-refractivity contribution in [2.75, 3.05) is 5.75 Å². The van der Waals surface area contributed by atoms with Gasteiger partial charge in [0.1, 0.15) is 0 Å². The quantitative estimate of drug-likeness (QED) is 0.446. The zero-order valence-corrected chi connectivity index (χ0v) is 5.48. The molecule has 0 fully saturated rings. The fourth-order valence-electron chi connectivity index (χ4n) is 0.653. The maximum atomic E-state index is 10.7. The third-order valence-corrected chi connectivity index (χ3v) is 3.25. The van der Waals surface area contributed by atoms with Crippen molar-refractivity contribution in [2.45, 2.75) is 12.2 Å². The minimum Gasteiger partial charge on any atom is -0.228 e. The minimum atomic E-state index is -2.74. The van der Waals surface area contributed by atoms with Gasteiger partial charge in [0.15, 0.2) is 9.84 Å². The van der Waals surface area contributed by atoms with Crippen LogP contribution in [0.25, 0.3) is 0 Å². The SMILES string of the molecule is C[C@H]1C=CCS1(=O)=O. The number of sulfone groups is 1. The Bertz CT molecular complexity index is 200. The van der Waals surface area contributed by atoms with Gasteiger partial charge in [0.2, 0.25) is 0 Å². The molecule has 1 aliphatic heterocycles. The van der Waals surface area contributed by atoms with Crippen LogP contribution in [0.2, 0.25) is 0 Å². The van der Waals surface area contributed by atoms with Crippen molar-refractivity contribution < 1.29 is 8.42 Å². The second-order valence-corrected chi connectivity index (χ2v) is 4.37. The molecule has 1 atom stereocenters. The Hall–Kier alpha value is -0.310. The van der Waals surface area contributed by atoms with Crippen LogP contribution in [0, 0.1) is 0 Å². The van der Waals surface area contributed by atoms with Gasteiger partial charge in [-0.05, 0) is 6.92 Å². The lowest BCUT2D eigenvalue weighted by Gasteiger charge is -1.95. The van der Waals surface area contributed by atoms with Gasteiger partial charge in [-0.15, -0.1) is 0 Å². The first kappa shape index (κ1) is 5.82. The first-order valence-corrected chi connectivity index (χ1v) is 4.23. The van der Waals surface area contributed by atoms with Crippen LogP contribution in [0.1, 0.15) is 6.92 Å². The van der Waals surface area contributed by atoms with Crippen molar-refractivity contribution in [3.63, 3.8) is 0 Å². The highest BCUT2D eigenvalue weighted by atomic mass is 32.2. The van der Waals surface area contributed by atoms with Crippen LogP contribution in [0.5, 0.6) is 0 Å². The van der Waals surface area contributed by atoms with Crippen molar-refractivity contribution >= 4 is 9.84 Å². The largest absolute Gasteiger partial charge is 0.228 e. The molecule has 0 N–H and O–H groups in total. The maximum absolute atomic E-state index is 10.7. The van der Waals surface area contributed by atoms with E-state index in [1.807, 2.05) is 0 Å². The molecule has 1 heterocycles. The molecule has 0 radical (unpaired) electrons. The fraction of sp³-hybridized carbons (Fsp3) is 0.600. The van der Waals surface area contributed by atoms with Crippen molar-refractivity contribution in [2.24, 2.45) is 0 Å². The molecular weight excluding hydrogens is 124 g/mol. The van der Waals surface area contributed by atoms with Crippen LogP contribution < -0.4 is 0 Å². The lowest BCUT2D eigenvalue weighted by atomic mass is 10.4. The summed E-state index contributed by atoms with van der Waals surface area (Å²) in [6.07, 6.45) is 3.41. The smallest absolute Gasteiger partial charge is 0.159 e. The Kier molecular flexibility index (Phi) is 1.15. The summed E-state index contributed by atoms with van der Waals surface area (Å²) < 4.78 is 21.4. The average molecular weight is 132 g/mol. The molecule has 2 nitrogen and oxygen atoms in total. The molecule has 1 rings (SSSR count). The Balaban J connectivity index is 2.96. The van der Waals surface area contributed by atoms with E-state index in [4.69, 9.17) is 0 Å². The molecule has 0 saturated heterocycles. The van der Waals surface area contributed by atoms with Crippen molar-refractivity contribution in [1.82, 2.24) is 0 Å². The lowest BCUT2D eigenvalue weighted by Crippen LogP contribution is -2.11. The van der Waals surface area contributed by atoms with Crippen LogP contribution in [0.4, 0.5) is 0 Å². The van der Waals surface area contributed by atoms with Crippen LogP contribution in [0.3, 0.4) is 0 Å². The Morgan fingerprint density at radius 3 is 2.38 bits per heavy atom. The van der Waals surface area contributed by atoms with E-state index in [0.29, 0.717) is 0 Å². The summed E-state index contributed by atoms with van der Waals surface area (Å²) in [6, 6.07) is 0. The Labute approximate surface area is 49.1 Å². The third kappa shape index (κ3) is 0.777. The van der Waals surface area contributed by atoms with E-state index in [-0.39, 0.29) is 11.0 Å². The molecule has 0 bridgehead atoms. The highest BCUT2D eigenvalue weighted by Crippen LogP contribution is 2.10. The predicted molar refractivity (Wildman–Crippen MR) is 32.4 cm³/mol. The predicted octanol–water partition coefficient (Wildman–Crippen LogP) is 0.360. The zero-order chi connectivity index (χ0) is 6.20. The van der Waals surface area contributed by atoms with Crippen LogP contribution in [0.15, 0.2) is 12.2 Å². The van der Waals surface area contributed by atoms with Gasteiger partial charge < -0.3 is 0 Å². The van der Waals surface area contributed by atoms with Gasteiger partial charge in [0.25, 0.3) is 0 Å². The summed E-state index contributed by atoms with van der Waals surface area (Å²) in [5, 5.41) is -0.248. The molecule has 1 aliphatic rings. The van der Waals surface area contributed by atoms with Gasteiger partial charge in [-0.3, -0.25) is 0 Å². The average Bonchev–Trinajstić information content (AvgIpc) is 1.86. The van der Waals surface area contributed by atoms with E-state index < -0.39 is 9.84 Å². The molecule has 8 heavy (non-hydrogen) atoms. The van der Waals surface area contributed by atoms with E-state index in [1.165, 1.54) is 0 Å². The van der Waals surface area contributed by atoms with Crippen LogP contribution in [-0.2, 0) is 9.84 Å². The second kappa shape index (κ2) is 1.58. The molecule has 0 aromatic heterocycles. The van der Waals surface area contributed by atoms with Gasteiger partial charge in [0.05, 0.1) is 11.0 Å². The van der Waals surface area contributed by atoms with Crippen molar-refractivity contribution in [3.8, 4) is 0 Å². The standard InChI is InChI=1S/C5H8O2S/c1-5-3-2-4-8(5,6)7/h2-3,5H,4H2,1H3/t5-/m0/s1. The molecule has 46 valence electrons. The fourth-order valence-corrected chi connectivity index (χ4v) is 1.69. The topological polar surface area (TPSA) is 34.1 Å². The first-order valence-electron chi connectivity index (χ1n) is 2.51. The molecular formula is C5H8O2S. The Morgan fingerprint density at radius 2 is 2.25 bits per heavy atom. The maximum Gasteiger partial charge on any atom is 0.159 e. The summed E-state index contributed by atoms with van der Waals surface area (Å²) in [7, 11) is -2.74. The first-order chi connectivity index (χ1) is 3.63. The van der Waals surface area contributed by atoms with E-state index >= 15 is 0 Å². The van der Waals surface area contributed by atoms with Crippen molar-refractivity contribution in [3.05, 3.63) is 12.2 Å².